The summed E-state index contributed by atoms with van der Waals surface area (Å²) < 4.78 is 0. The average Bonchev–Trinajstić information content (AvgIpc) is 2.14. The molecule has 0 radical (unpaired) electrons. The van der Waals surface area contributed by atoms with Crippen molar-refractivity contribution in [3.05, 3.63) is 35.9 Å². The molecule has 0 bridgehead atoms. The van der Waals surface area contributed by atoms with Crippen LogP contribution >= 0.6 is 12.4 Å². The molecule has 0 aliphatic carbocycles. The van der Waals surface area contributed by atoms with E-state index in [1.807, 2.05) is 6.07 Å². The Morgan fingerprint density at radius 2 is 1.85 bits per heavy atom. The fraction of sp³-hybridized carbons (Fsp3) is 0.400. The van der Waals surface area contributed by atoms with Crippen molar-refractivity contribution in [1.29, 1.82) is 0 Å². The molecule has 0 aliphatic heterocycles. The molecule has 0 spiro atoms. The second-order valence-electron chi connectivity index (χ2n) is 2.80. The molecule has 1 aromatic rings. The maximum Gasteiger partial charge on any atom is 0.0205 e. The van der Waals surface area contributed by atoms with Crippen molar-refractivity contribution in [2.24, 2.45) is 5.73 Å². The van der Waals surface area contributed by atoms with Gasteiger partial charge >= 0.3 is 0 Å². The lowest BCUT2D eigenvalue weighted by Crippen LogP contribution is -2.17. The summed E-state index contributed by atoms with van der Waals surface area (Å²) in [6.45, 7) is 2.72. The van der Waals surface area contributed by atoms with Crippen LogP contribution < -0.4 is 11.1 Å². The molecule has 0 aliphatic rings. The standard InChI is InChI=1S/C10H16N2.ClH/c11-7-4-8-12-9-10-5-2-1-3-6-10;/h1-3,5-6,12H,4,7-9,11H2;1H. The molecule has 2 nitrogen and oxygen atoms in total. The number of halogens is 1. The van der Waals surface area contributed by atoms with Gasteiger partial charge in [0.05, 0.1) is 0 Å². The van der Waals surface area contributed by atoms with Gasteiger partial charge in [-0.05, 0) is 25.1 Å². The fourth-order valence-corrected chi connectivity index (χ4v) is 1.06. The molecule has 0 atom stereocenters. The first-order valence-electron chi connectivity index (χ1n) is 4.38. The molecule has 3 N–H and O–H groups in total. The first kappa shape index (κ1) is 12.4. The maximum atomic E-state index is 5.37. The molecule has 1 rings (SSSR count). The van der Waals surface area contributed by atoms with E-state index in [-0.39, 0.29) is 12.4 Å². The highest BCUT2D eigenvalue weighted by atomic mass is 35.5. The van der Waals surface area contributed by atoms with Crippen LogP contribution in [0.2, 0.25) is 0 Å². The number of nitrogens with one attached hydrogen (secondary N) is 1. The second kappa shape index (κ2) is 8.05. The van der Waals surface area contributed by atoms with Crippen LogP contribution in [0.3, 0.4) is 0 Å². The minimum absolute atomic E-state index is 0. The zero-order valence-corrected chi connectivity index (χ0v) is 8.52. The number of hydrogen-bond acceptors (Lipinski definition) is 2. The third-order valence-corrected chi connectivity index (χ3v) is 1.73. The van der Waals surface area contributed by atoms with Crippen LogP contribution in [-0.4, -0.2) is 13.1 Å². The number of rotatable bonds is 5. The summed E-state index contributed by atoms with van der Waals surface area (Å²) in [4.78, 5) is 0. The van der Waals surface area contributed by atoms with Crippen LogP contribution in [0, 0.1) is 0 Å². The Kier molecular flexibility index (Phi) is 7.69. The molecule has 74 valence electrons. The zero-order chi connectivity index (χ0) is 8.65. The van der Waals surface area contributed by atoms with E-state index in [0.29, 0.717) is 0 Å². The van der Waals surface area contributed by atoms with Crippen molar-refractivity contribution in [1.82, 2.24) is 5.32 Å². The predicted molar refractivity (Wildman–Crippen MR) is 59.1 cm³/mol. The van der Waals surface area contributed by atoms with E-state index in [9.17, 15) is 0 Å². The van der Waals surface area contributed by atoms with Gasteiger partial charge in [-0.15, -0.1) is 12.4 Å². The van der Waals surface area contributed by atoms with E-state index >= 15 is 0 Å². The monoisotopic (exact) mass is 200 g/mol. The highest BCUT2D eigenvalue weighted by Crippen LogP contribution is 1.96. The Labute approximate surface area is 85.9 Å². The van der Waals surface area contributed by atoms with Crippen LogP contribution in [0.5, 0.6) is 0 Å². The van der Waals surface area contributed by atoms with E-state index < -0.39 is 0 Å². The van der Waals surface area contributed by atoms with Gasteiger partial charge in [-0.2, -0.15) is 0 Å². The molecule has 0 saturated carbocycles. The highest BCUT2D eigenvalue weighted by molar-refractivity contribution is 5.85. The summed E-state index contributed by atoms with van der Waals surface area (Å²) in [5, 5.41) is 3.32. The molecule has 0 unspecified atom stereocenters. The highest BCUT2D eigenvalue weighted by Gasteiger charge is 1.88. The van der Waals surface area contributed by atoms with Crippen LogP contribution in [0.15, 0.2) is 30.3 Å². The van der Waals surface area contributed by atoms with Gasteiger partial charge in [0, 0.05) is 6.54 Å². The molecule has 0 aromatic heterocycles. The third kappa shape index (κ3) is 5.64. The molecule has 0 amide bonds. The smallest absolute Gasteiger partial charge is 0.0205 e. The molecular weight excluding hydrogens is 184 g/mol. The van der Waals surface area contributed by atoms with Crippen molar-refractivity contribution in [3.63, 3.8) is 0 Å². The van der Waals surface area contributed by atoms with Crippen LogP contribution in [0.4, 0.5) is 0 Å². The van der Waals surface area contributed by atoms with E-state index in [1.165, 1.54) is 5.56 Å². The summed E-state index contributed by atoms with van der Waals surface area (Å²) >= 11 is 0. The number of hydrogen-bond donors (Lipinski definition) is 2. The average molecular weight is 201 g/mol. The van der Waals surface area contributed by atoms with E-state index in [0.717, 1.165) is 26.1 Å². The Morgan fingerprint density at radius 1 is 1.15 bits per heavy atom. The summed E-state index contributed by atoms with van der Waals surface area (Å²) in [5.41, 5.74) is 6.70. The largest absolute Gasteiger partial charge is 0.330 e. The lowest BCUT2D eigenvalue weighted by Gasteiger charge is -2.02. The molecule has 0 saturated heterocycles. The summed E-state index contributed by atoms with van der Waals surface area (Å²) in [6, 6.07) is 10.4. The van der Waals surface area contributed by atoms with Crippen molar-refractivity contribution >= 4 is 12.4 Å². The molecular formula is C10H17ClN2. The SMILES string of the molecule is Cl.NCCCNCc1ccccc1. The quantitative estimate of drug-likeness (QED) is 0.708. The topological polar surface area (TPSA) is 38.0 Å². The number of benzene rings is 1. The Bertz CT molecular complexity index is 201. The van der Waals surface area contributed by atoms with Gasteiger partial charge in [-0.25, -0.2) is 0 Å². The summed E-state index contributed by atoms with van der Waals surface area (Å²) in [7, 11) is 0. The first-order valence-corrected chi connectivity index (χ1v) is 4.38. The summed E-state index contributed by atoms with van der Waals surface area (Å²) in [5.74, 6) is 0. The van der Waals surface area contributed by atoms with E-state index in [1.54, 1.807) is 0 Å². The lowest BCUT2D eigenvalue weighted by atomic mass is 10.2. The second-order valence-corrected chi connectivity index (χ2v) is 2.80. The Balaban J connectivity index is 0.00000144. The van der Waals surface area contributed by atoms with Gasteiger partial charge in [0.15, 0.2) is 0 Å². The predicted octanol–water partition coefficient (Wildman–Crippen LogP) is 1.55. The minimum Gasteiger partial charge on any atom is -0.330 e. The minimum atomic E-state index is 0. The van der Waals surface area contributed by atoms with Crippen LogP contribution in [0.1, 0.15) is 12.0 Å². The molecule has 13 heavy (non-hydrogen) atoms. The van der Waals surface area contributed by atoms with Gasteiger partial charge in [0.2, 0.25) is 0 Å². The van der Waals surface area contributed by atoms with Crippen molar-refractivity contribution < 1.29 is 0 Å². The number of nitrogens with two attached hydrogens (primary N) is 1. The summed E-state index contributed by atoms with van der Waals surface area (Å²) in [6.07, 6.45) is 1.05. The Hall–Kier alpha value is -0.570. The molecule has 1 aromatic carbocycles. The Morgan fingerprint density at radius 3 is 2.46 bits per heavy atom. The third-order valence-electron chi connectivity index (χ3n) is 1.73. The van der Waals surface area contributed by atoms with Crippen LogP contribution in [0.25, 0.3) is 0 Å². The fourth-order valence-electron chi connectivity index (χ4n) is 1.06. The van der Waals surface area contributed by atoms with Gasteiger partial charge < -0.3 is 11.1 Å². The molecule has 3 heteroatoms. The lowest BCUT2D eigenvalue weighted by molar-refractivity contribution is 0.655. The van der Waals surface area contributed by atoms with Gasteiger partial charge in [-0.3, -0.25) is 0 Å². The van der Waals surface area contributed by atoms with E-state index in [2.05, 4.69) is 29.6 Å². The van der Waals surface area contributed by atoms with Crippen molar-refractivity contribution in [2.45, 2.75) is 13.0 Å². The van der Waals surface area contributed by atoms with Crippen molar-refractivity contribution in [3.8, 4) is 0 Å². The first-order chi connectivity index (χ1) is 5.93. The van der Waals surface area contributed by atoms with Gasteiger partial charge in [0.1, 0.15) is 0 Å². The van der Waals surface area contributed by atoms with Crippen LogP contribution in [-0.2, 0) is 6.54 Å². The maximum absolute atomic E-state index is 5.37. The molecule has 0 heterocycles. The zero-order valence-electron chi connectivity index (χ0n) is 7.70. The molecule has 0 fully saturated rings. The van der Waals surface area contributed by atoms with E-state index in [4.69, 9.17) is 5.73 Å². The van der Waals surface area contributed by atoms with Crippen molar-refractivity contribution in [2.75, 3.05) is 13.1 Å². The van der Waals surface area contributed by atoms with Gasteiger partial charge in [-0.1, -0.05) is 30.3 Å². The van der Waals surface area contributed by atoms with Gasteiger partial charge in [0.25, 0.3) is 0 Å². The normalized spacial score (nSPS) is 9.31.